The van der Waals surface area contributed by atoms with E-state index in [1.54, 1.807) is 4.68 Å². The summed E-state index contributed by atoms with van der Waals surface area (Å²) in [5.74, 6) is 2.06. The van der Waals surface area contributed by atoms with E-state index in [0.717, 1.165) is 29.3 Å². The molecule has 0 aliphatic carbocycles. The van der Waals surface area contributed by atoms with Gasteiger partial charge in [0.1, 0.15) is 5.82 Å². The number of benzene rings is 1. The SMILES string of the molecule is Cc1cc(N)nn1-c1ccc2c(c1)OCCCO2. The van der Waals surface area contributed by atoms with Gasteiger partial charge < -0.3 is 15.2 Å². The standard InChI is InChI=1S/C13H15N3O2/c1-9-7-13(14)15-16(9)10-3-4-11-12(8-10)18-6-2-5-17-11/h3-4,7-8H,2,5-6H2,1H3,(H2,14,15). The van der Waals surface area contributed by atoms with E-state index < -0.39 is 0 Å². The molecule has 5 nitrogen and oxygen atoms in total. The predicted octanol–water partition coefficient (Wildman–Crippen LogP) is 1.92. The van der Waals surface area contributed by atoms with Gasteiger partial charge in [0, 0.05) is 24.2 Å². The molecule has 1 aromatic carbocycles. The smallest absolute Gasteiger partial charge is 0.163 e. The molecular formula is C13H15N3O2. The van der Waals surface area contributed by atoms with Gasteiger partial charge in [-0.05, 0) is 19.1 Å². The van der Waals surface area contributed by atoms with Crippen LogP contribution in [0, 0.1) is 6.92 Å². The summed E-state index contributed by atoms with van der Waals surface area (Å²) in [5.41, 5.74) is 7.60. The zero-order valence-corrected chi connectivity index (χ0v) is 10.2. The molecule has 1 aliphatic rings. The van der Waals surface area contributed by atoms with Crippen molar-refractivity contribution < 1.29 is 9.47 Å². The highest BCUT2D eigenvalue weighted by atomic mass is 16.5. The third kappa shape index (κ3) is 1.88. The summed E-state index contributed by atoms with van der Waals surface area (Å²) in [6, 6.07) is 7.63. The quantitative estimate of drug-likeness (QED) is 0.833. The fraction of sp³-hybridized carbons (Fsp3) is 0.308. The first-order chi connectivity index (χ1) is 8.74. The number of nitrogens with zero attached hydrogens (tertiary/aromatic N) is 2. The number of hydrogen-bond acceptors (Lipinski definition) is 4. The maximum absolute atomic E-state index is 5.69. The average molecular weight is 245 g/mol. The molecule has 1 aromatic heterocycles. The summed E-state index contributed by atoms with van der Waals surface area (Å²) in [7, 11) is 0. The second kappa shape index (κ2) is 4.25. The van der Waals surface area contributed by atoms with Gasteiger partial charge in [0.15, 0.2) is 11.5 Å². The molecule has 2 aromatic rings. The molecule has 94 valence electrons. The number of aromatic nitrogens is 2. The number of fused-ring (bicyclic) bond motifs is 1. The first-order valence-corrected chi connectivity index (χ1v) is 5.96. The van der Waals surface area contributed by atoms with Gasteiger partial charge in [0.25, 0.3) is 0 Å². The van der Waals surface area contributed by atoms with E-state index in [0.29, 0.717) is 19.0 Å². The monoisotopic (exact) mass is 245 g/mol. The van der Waals surface area contributed by atoms with Crippen LogP contribution in [0.15, 0.2) is 24.3 Å². The highest BCUT2D eigenvalue weighted by molar-refractivity contribution is 5.50. The predicted molar refractivity (Wildman–Crippen MR) is 68.3 cm³/mol. The van der Waals surface area contributed by atoms with Crippen LogP contribution in [0.5, 0.6) is 11.5 Å². The van der Waals surface area contributed by atoms with Crippen LogP contribution in [-0.2, 0) is 0 Å². The van der Waals surface area contributed by atoms with Crippen LogP contribution >= 0.6 is 0 Å². The van der Waals surface area contributed by atoms with Gasteiger partial charge in [0.2, 0.25) is 0 Å². The topological polar surface area (TPSA) is 62.3 Å². The van der Waals surface area contributed by atoms with Crippen LogP contribution in [0.1, 0.15) is 12.1 Å². The summed E-state index contributed by atoms with van der Waals surface area (Å²) < 4.78 is 13.1. The highest BCUT2D eigenvalue weighted by Gasteiger charge is 2.12. The van der Waals surface area contributed by atoms with Crippen LogP contribution in [0.25, 0.3) is 5.69 Å². The van der Waals surface area contributed by atoms with E-state index in [-0.39, 0.29) is 0 Å². The molecule has 1 aliphatic heterocycles. The lowest BCUT2D eigenvalue weighted by molar-refractivity contribution is 0.297. The van der Waals surface area contributed by atoms with Crippen molar-refractivity contribution in [3.8, 4) is 17.2 Å². The van der Waals surface area contributed by atoms with E-state index in [9.17, 15) is 0 Å². The molecule has 2 heterocycles. The Labute approximate surface area is 105 Å². The summed E-state index contributed by atoms with van der Waals surface area (Å²) in [4.78, 5) is 0. The molecule has 3 rings (SSSR count). The van der Waals surface area contributed by atoms with Gasteiger partial charge in [-0.1, -0.05) is 0 Å². The van der Waals surface area contributed by atoms with Crippen molar-refractivity contribution in [2.75, 3.05) is 18.9 Å². The van der Waals surface area contributed by atoms with Gasteiger partial charge in [-0.15, -0.1) is 0 Å². The third-order valence-corrected chi connectivity index (χ3v) is 2.88. The lowest BCUT2D eigenvalue weighted by Crippen LogP contribution is -2.01. The Balaban J connectivity index is 2.04. The number of ether oxygens (including phenoxy) is 2. The number of nitrogen functional groups attached to an aromatic ring is 1. The number of rotatable bonds is 1. The lowest BCUT2D eigenvalue weighted by Gasteiger charge is -2.10. The normalized spacial score (nSPS) is 14.3. The van der Waals surface area contributed by atoms with Crippen molar-refractivity contribution in [3.63, 3.8) is 0 Å². The Morgan fingerprint density at radius 2 is 1.94 bits per heavy atom. The summed E-state index contributed by atoms with van der Waals surface area (Å²) in [5, 5.41) is 4.25. The molecule has 0 atom stereocenters. The lowest BCUT2D eigenvalue weighted by atomic mass is 10.2. The first-order valence-electron chi connectivity index (χ1n) is 5.96. The summed E-state index contributed by atoms with van der Waals surface area (Å²) in [6.07, 6.45) is 0.901. The maximum atomic E-state index is 5.69. The Morgan fingerprint density at radius 3 is 2.67 bits per heavy atom. The van der Waals surface area contributed by atoms with E-state index >= 15 is 0 Å². The molecule has 0 unspecified atom stereocenters. The zero-order valence-electron chi connectivity index (χ0n) is 10.2. The van der Waals surface area contributed by atoms with Crippen LogP contribution in [0.4, 0.5) is 5.82 Å². The van der Waals surface area contributed by atoms with Gasteiger partial charge in [0.05, 0.1) is 18.9 Å². The third-order valence-electron chi connectivity index (χ3n) is 2.88. The second-order valence-corrected chi connectivity index (χ2v) is 4.30. The Bertz CT molecular complexity index is 578. The largest absolute Gasteiger partial charge is 0.490 e. The van der Waals surface area contributed by atoms with Crippen molar-refractivity contribution in [2.24, 2.45) is 0 Å². The van der Waals surface area contributed by atoms with Crippen molar-refractivity contribution in [1.29, 1.82) is 0 Å². The fourth-order valence-corrected chi connectivity index (χ4v) is 2.04. The molecule has 0 saturated carbocycles. The summed E-state index contributed by atoms with van der Waals surface area (Å²) >= 11 is 0. The Morgan fingerprint density at radius 1 is 1.17 bits per heavy atom. The molecule has 0 fully saturated rings. The van der Waals surface area contributed by atoms with Crippen LogP contribution in [0.3, 0.4) is 0 Å². The van der Waals surface area contributed by atoms with Crippen LogP contribution in [0.2, 0.25) is 0 Å². The van der Waals surface area contributed by atoms with Crippen molar-refractivity contribution in [3.05, 3.63) is 30.0 Å². The molecule has 0 spiro atoms. The fourth-order valence-electron chi connectivity index (χ4n) is 2.04. The first kappa shape index (κ1) is 11.0. The summed E-state index contributed by atoms with van der Waals surface area (Å²) in [6.45, 7) is 3.34. The molecule has 2 N–H and O–H groups in total. The van der Waals surface area contributed by atoms with E-state index in [4.69, 9.17) is 15.2 Å². The minimum absolute atomic E-state index is 0.514. The minimum Gasteiger partial charge on any atom is -0.490 e. The van der Waals surface area contributed by atoms with Crippen molar-refractivity contribution >= 4 is 5.82 Å². The molecular weight excluding hydrogens is 230 g/mol. The molecule has 0 amide bonds. The molecule has 0 saturated heterocycles. The highest BCUT2D eigenvalue weighted by Crippen LogP contribution is 2.31. The minimum atomic E-state index is 0.514. The number of nitrogens with two attached hydrogens (primary N) is 1. The maximum Gasteiger partial charge on any atom is 0.163 e. The molecule has 5 heteroatoms. The van der Waals surface area contributed by atoms with Crippen molar-refractivity contribution in [2.45, 2.75) is 13.3 Å². The van der Waals surface area contributed by atoms with Crippen molar-refractivity contribution in [1.82, 2.24) is 9.78 Å². The molecule has 0 radical (unpaired) electrons. The molecule has 18 heavy (non-hydrogen) atoms. The van der Waals surface area contributed by atoms with Crippen LogP contribution in [-0.4, -0.2) is 23.0 Å². The Hall–Kier alpha value is -2.17. The van der Waals surface area contributed by atoms with Gasteiger partial charge in [-0.25, -0.2) is 4.68 Å². The van der Waals surface area contributed by atoms with Gasteiger partial charge in [-0.3, -0.25) is 0 Å². The number of aryl methyl sites for hydroxylation is 1. The second-order valence-electron chi connectivity index (χ2n) is 4.30. The number of anilines is 1. The van der Waals surface area contributed by atoms with Crippen LogP contribution < -0.4 is 15.2 Å². The zero-order chi connectivity index (χ0) is 12.5. The Kier molecular flexibility index (Phi) is 2.59. The van der Waals surface area contributed by atoms with Gasteiger partial charge >= 0.3 is 0 Å². The van der Waals surface area contributed by atoms with E-state index in [1.165, 1.54) is 0 Å². The van der Waals surface area contributed by atoms with E-state index in [2.05, 4.69) is 5.10 Å². The molecule has 0 bridgehead atoms. The number of hydrogen-bond donors (Lipinski definition) is 1. The average Bonchev–Trinajstić information content (AvgIpc) is 2.58. The van der Waals surface area contributed by atoms with E-state index in [1.807, 2.05) is 31.2 Å². The van der Waals surface area contributed by atoms with Gasteiger partial charge in [-0.2, -0.15) is 5.10 Å².